The topological polar surface area (TPSA) is 24.9 Å². The number of rotatable bonds is 6. The van der Waals surface area contributed by atoms with Crippen LogP contribution in [0.5, 0.6) is 0 Å². The van der Waals surface area contributed by atoms with E-state index in [0.29, 0.717) is 11.5 Å². The first-order chi connectivity index (χ1) is 9.05. The molecule has 1 aromatic rings. The van der Waals surface area contributed by atoms with Crippen LogP contribution in [0.3, 0.4) is 0 Å². The molecule has 0 fully saturated rings. The number of fused-ring (bicyclic) bond motifs is 1. The molecule has 0 aliphatic heterocycles. The number of hydrogen-bond donors (Lipinski definition) is 1. The van der Waals surface area contributed by atoms with Crippen LogP contribution in [0, 0.1) is 5.41 Å². The number of thioether (sulfide) groups is 1. The third kappa shape index (κ3) is 3.96. The molecule has 4 heteroatoms. The van der Waals surface area contributed by atoms with E-state index in [4.69, 9.17) is 4.98 Å². The molecule has 108 valence electrons. The van der Waals surface area contributed by atoms with Gasteiger partial charge in [0.15, 0.2) is 0 Å². The lowest BCUT2D eigenvalue weighted by molar-refractivity contribution is 0.260. The highest BCUT2D eigenvalue weighted by atomic mass is 32.2. The first-order valence-electron chi connectivity index (χ1n) is 7.35. The molecule has 1 heterocycles. The molecule has 19 heavy (non-hydrogen) atoms. The van der Waals surface area contributed by atoms with Gasteiger partial charge in [-0.1, -0.05) is 27.7 Å². The summed E-state index contributed by atoms with van der Waals surface area (Å²) < 4.78 is 0. The van der Waals surface area contributed by atoms with Crippen LogP contribution < -0.4 is 5.32 Å². The number of thiazole rings is 1. The van der Waals surface area contributed by atoms with Crippen molar-refractivity contribution in [1.82, 2.24) is 10.3 Å². The zero-order valence-electron chi connectivity index (χ0n) is 12.6. The second-order valence-corrected chi connectivity index (χ2v) is 8.35. The van der Waals surface area contributed by atoms with Gasteiger partial charge in [-0.25, -0.2) is 4.98 Å². The van der Waals surface area contributed by atoms with Gasteiger partial charge in [0, 0.05) is 16.7 Å². The summed E-state index contributed by atoms with van der Waals surface area (Å²) in [5.41, 5.74) is 1.74. The third-order valence-corrected chi connectivity index (χ3v) is 6.08. The molecule has 0 spiro atoms. The van der Waals surface area contributed by atoms with Gasteiger partial charge in [-0.15, -0.1) is 11.3 Å². The zero-order valence-corrected chi connectivity index (χ0v) is 14.2. The van der Waals surface area contributed by atoms with Crippen LogP contribution in [0.1, 0.15) is 62.2 Å². The summed E-state index contributed by atoms with van der Waals surface area (Å²) in [4.78, 5) is 6.42. The van der Waals surface area contributed by atoms with Crippen molar-refractivity contribution < 1.29 is 0 Å². The molecule has 1 aliphatic carbocycles. The molecule has 1 N–H and O–H groups in total. The van der Waals surface area contributed by atoms with Crippen LogP contribution in [0.15, 0.2) is 0 Å². The first kappa shape index (κ1) is 15.3. The summed E-state index contributed by atoms with van der Waals surface area (Å²) in [6, 6.07) is 0.520. The zero-order chi connectivity index (χ0) is 13.9. The van der Waals surface area contributed by atoms with Crippen molar-refractivity contribution in [2.45, 2.75) is 58.8 Å². The Morgan fingerprint density at radius 3 is 2.89 bits per heavy atom. The van der Waals surface area contributed by atoms with Gasteiger partial charge in [-0.05, 0) is 37.0 Å². The van der Waals surface area contributed by atoms with E-state index in [0.717, 1.165) is 18.7 Å². The molecular formula is C15H26N2S2. The Morgan fingerprint density at radius 1 is 1.42 bits per heavy atom. The smallest absolute Gasteiger partial charge is 0.103 e. The predicted octanol–water partition coefficient (Wildman–Crippen LogP) is 4.41. The molecule has 1 aromatic heterocycles. The number of nitrogens with zero attached hydrogens (tertiary/aromatic N) is 1. The Hall–Kier alpha value is -0.0600. The number of nitrogens with one attached hydrogen (secondary N) is 1. The van der Waals surface area contributed by atoms with Crippen LogP contribution in [0.25, 0.3) is 0 Å². The highest BCUT2D eigenvalue weighted by Crippen LogP contribution is 2.43. The van der Waals surface area contributed by atoms with Gasteiger partial charge >= 0.3 is 0 Å². The van der Waals surface area contributed by atoms with E-state index in [-0.39, 0.29) is 0 Å². The van der Waals surface area contributed by atoms with Gasteiger partial charge in [0.25, 0.3) is 0 Å². The fourth-order valence-corrected chi connectivity index (χ4v) is 4.87. The van der Waals surface area contributed by atoms with Crippen molar-refractivity contribution >= 4 is 23.1 Å². The van der Waals surface area contributed by atoms with E-state index >= 15 is 0 Å². The highest BCUT2D eigenvalue weighted by molar-refractivity contribution is 7.98. The van der Waals surface area contributed by atoms with Crippen LogP contribution >= 0.6 is 23.1 Å². The fourth-order valence-electron chi connectivity index (χ4n) is 2.76. The molecule has 0 aromatic carbocycles. The van der Waals surface area contributed by atoms with Gasteiger partial charge in [-0.2, -0.15) is 11.8 Å². The van der Waals surface area contributed by atoms with E-state index in [1.807, 2.05) is 23.1 Å². The van der Waals surface area contributed by atoms with Crippen molar-refractivity contribution in [1.29, 1.82) is 0 Å². The highest BCUT2D eigenvalue weighted by Gasteiger charge is 2.34. The molecule has 2 nitrogen and oxygen atoms in total. The number of aromatic nitrogens is 1. The monoisotopic (exact) mass is 298 g/mol. The lowest BCUT2D eigenvalue weighted by Gasteiger charge is -2.34. The molecule has 0 saturated carbocycles. The Morgan fingerprint density at radius 2 is 2.21 bits per heavy atom. The van der Waals surface area contributed by atoms with Crippen LogP contribution in [-0.4, -0.2) is 17.3 Å². The second-order valence-electron chi connectivity index (χ2n) is 6.13. The minimum Gasteiger partial charge on any atom is -0.309 e. The summed E-state index contributed by atoms with van der Waals surface area (Å²) in [5.74, 6) is 2.33. The maximum Gasteiger partial charge on any atom is 0.103 e. The van der Waals surface area contributed by atoms with E-state index in [9.17, 15) is 0 Å². The van der Waals surface area contributed by atoms with Crippen molar-refractivity contribution in [3.8, 4) is 0 Å². The van der Waals surface area contributed by atoms with Crippen molar-refractivity contribution in [2.24, 2.45) is 5.41 Å². The molecule has 2 rings (SSSR count). The van der Waals surface area contributed by atoms with E-state index in [1.54, 1.807) is 0 Å². The molecule has 1 aliphatic rings. The lowest BCUT2D eigenvalue weighted by Crippen LogP contribution is -2.32. The maximum absolute atomic E-state index is 4.91. The Balaban J connectivity index is 2.13. The fraction of sp³-hybridized carbons (Fsp3) is 0.800. The molecule has 0 bridgehead atoms. The Kier molecular flexibility index (Phi) is 5.32. The van der Waals surface area contributed by atoms with Crippen LogP contribution in [-0.2, 0) is 12.2 Å². The van der Waals surface area contributed by atoms with Gasteiger partial charge in [0.05, 0.1) is 5.69 Å². The molecule has 0 radical (unpaired) electrons. The SMILES string of the molecule is CCCSCc1nc2c(s1)C(NCC)CC(C)(C)C2. The standard InChI is InChI=1S/C15H26N2S2/c1-5-7-18-10-13-17-12-9-15(3,4)8-11(16-6-2)14(12)19-13/h11,16H,5-10H2,1-4H3. The summed E-state index contributed by atoms with van der Waals surface area (Å²) >= 11 is 3.95. The van der Waals surface area contributed by atoms with Gasteiger partial charge in [0.1, 0.15) is 5.01 Å². The minimum atomic E-state index is 0.377. The molecule has 0 saturated heterocycles. The predicted molar refractivity (Wildman–Crippen MR) is 87.1 cm³/mol. The second kappa shape index (κ2) is 6.59. The van der Waals surface area contributed by atoms with Crippen LogP contribution in [0.4, 0.5) is 0 Å². The summed E-state index contributed by atoms with van der Waals surface area (Å²) in [6.45, 7) is 10.2. The van der Waals surface area contributed by atoms with Gasteiger partial charge < -0.3 is 5.32 Å². The van der Waals surface area contributed by atoms with E-state index < -0.39 is 0 Å². The molecule has 1 atom stereocenters. The van der Waals surface area contributed by atoms with Gasteiger partial charge in [-0.3, -0.25) is 0 Å². The third-order valence-electron chi connectivity index (χ3n) is 3.52. The van der Waals surface area contributed by atoms with E-state index in [1.165, 1.54) is 34.2 Å². The average molecular weight is 299 g/mol. The minimum absolute atomic E-state index is 0.377. The normalized spacial score (nSPS) is 21.4. The summed E-state index contributed by atoms with van der Waals surface area (Å²) in [5, 5.41) is 4.96. The quantitative estimate of drug-likeness (QED) is 0.788. The van der Waals surface area contributed by atoms with E-state index in [2.05, 4.69) is 33.0 Å². The Bertz CT molecular complexity index is 412. The molecule has 1 unspecified atom stereocenters. The first-order valence-corrected chi connectivity index (χ1v) is 9.32. The summed E-state index contributed by atoms with van der Waals surface area (Å²) in [7, 11) is 0. The van der Waals surface area contributed by atoms with Gasteiger partial charge in [0.2, 0.25) is 0 Å². The molecular weight excluding hydrogens is 272 g/mol. The lowest BCUT2D eigenvalue weighted by atomic mass is 9.76. The van der Waals surface area contributed by atoms with Crippen molar-refractivity contribution in [2.75, 3.05) is 12.3 Å². The van der Waals surface area contributed by atoms with Crippen LogP contribution in [0.2, 0.25) is 0 Å². The van der Waals surface area contributed by atoms with Crippen molar-refractivity contribution in [3.05, 3.63) is 15.6 Å². The summed E-state index contributed by atoms with van der Waals surface area (Å²) in [6.07, 6.45) is 3.62. The molecule has 0 amide bonds. The number of hydrogen-bond acceptors (Lipinski definition) is 4. The van der Waals surface area contributed by atoms with Crippen molar-refractivity contribution in [3.63, 3.8) is 0 Å². The largest absolute Gasteiger partial charge is 0.309 e. The Labute approximate surface area is 125 Å². The maximum atomic E-state index is 4.91. The average Bonchev–Trinajstić information content (AvgIpc) is 2.71.